The number of hydrogen-bond acceptors (Lipinski definition) is 5. The molecule has 12 heteroatoms. The number of sulfone groups is 1. The van der Waals surface area contributed by atoms with Gasteiger partial charge in [0, 0.05) is 30.3 Å². The quantitative estimate of drug-likeness (QED) is 0.784. The number of benzene rings is 1. The van der Waals surface area contributed by atoms with Gasteiger partial charge in [0.1, 0.15) is 0 Å². The lowest BCUT2D eigenvalue weighted by Crippen LogP contribution is -2.49. The summed E-state index contributed by atoms with van der Waals surface area (Å²) >= 11 is 5.68. The van der Waals surface area contributed by atoms with E-state index in [4.69, 9.17) is 11.6 Å². The summed E-state index contributed by atoms with van der Waals surface area (Å²) in [5.41, 5.74) is 0.236. The summed E-state index contributed by atoms with van der Waals surface area (Å²) in [5, 5.41) is 2.60. The first-order chi connectivity index (χ1) is 11.5. The average Bonchev–Trinajstić information content (AvgIpc) is 2.50. The van der Waals surface area contributed by atoms with E-state index in [9.17, 15) is 26.4 Å². The Labute approximate surface area is 160 Å². The largest absolute Gasteiger partial charge is 0.435 e. The van der Waals surface area contributed by atoms with E-state index in [1.807, 2.05) is 0 Å². The van der Waals surface area contributed by atoms with Gasteiger partial charge in [-0.3, -0.25) is 10.2 Å². The Hall–Kier alpha value is -1.23. The molecular formula is C14H17Cl2F3N2O4S. The lowest BCUT2D eigenvalue weighted by Gasteiger charge is -2.30. The molecule has 1 atom stereocenters. The summed E-state index contributed by atoms with van der Waals surface area (Å²) in [6.07, 6.45) is -8.39. The van der Waals surface area contributed by atoms with Crippen molar-refractivity contribution in [2.24, 2.45) is 0 Å². The SMILES string of the molecule is Cl.O=C(Nc1ccc(Cl)cc1)O[C@@H](CN1CCS(=O)(=O)CC1)C(F)(F)F. The molecule has 0 bridgehead atoms. The van der Waals surface area contributed by atoms with Crippen LogP contribution in [0.25, 0.3) is 0 Å². The summed E-state index contributed by atoms with van der Waals surface area (Å²) in [5.74, 6) is -0.427. The third-order valence-electron chi connectivity index (χ3n) is 3.57. The van der Waals surface area contributed by atoms with Crippen LogP contribution in [0.4, 0.5) is 23.7 Å². The molecule has 1 saturated heterocycles. The lowest BCUT2D eigenvalue weighted by molar-refractivity contribution is -0.206. The first kappa shape index (κ1) is 22.8. The number of halogens is 5. The van der Waals surface area contributed by atoms with Crippen molar-refractivity contribution in [3.8, 4) is 0 Å². The highest BCUT2D eigenvalue weighted by Crippen LogP contribution is 2.25. The lowest BCUT2D eigenvalue weighted by atomic mass is 10.3. The fourth-order valence-electron chi connectivity index (χ4n) is 2.18. The van der Waals surface area contributed by atoms with Gasteiger partial charge in [0.25, 0.3) is 0 Å². The van der Waals surface area contributed by atoms with Crippen LogP contribution >= 0.6 is 24.0 Å². The van der Waals surface area contributed by atoms with Crippen LogP contribution in [-0.4, -0.2) is 62.8 Å². The van der Waals surface area contributed by atoms with Crippen LogP contribution in [0.2, 0.25) is 5.02 Å². The van der Waals surface area contributed by atoms with Crippen molar-refractivity contribution in [3.63, 3.8) is 0 Å². The molecule has 6 nitrogen and oxygen atoms in total. The van der Waals surface area contributed by atoms with Gasteiger partial charge in [-0.05, 0) is 24.3 Å². The number of hydrogen-bond donors (Lipinski definition) is 1. The minimum absolute atomic E-state index is 0. The zero-order valence-corrected chi connectivity index (χ0v) is 15.7. The molecule has 1 aromatic rings. The first-order valence-corrected chi connectivity index (χ1v) is 9.48. The predicted molar refractivity (Wildman–Crippen MR) is 93.7 cm³/mol. The van der Waals surface area contributed by atoms with Crippen molar-refractivity contribution in [3.05, 3.63) is 29.3 Å². The maximum absolute atomic E-state index is 13.1. The van der Waals surface area contributed by atoms with Crippen molar-refractivity contribution in [2.75, 3.05) is 36.5 Å². The number of alkyl halides is 3. The highest BCUT2D eigenvalue weighted by molar-refractivity contribution is 7.91. The van der Waals surface area contributed by atoms with Crippen molar-refractivity contribution in [1.29, 1.82) is 0 Å². The molecule has 0 aromatic heterocycles. The third kappa shape index (κ3) is 7.18. The Morgan fingerprint density at radius 1 is 1.23 bits per heavy atom. The molecular weight excluding hydrogens is 420 g/mol. The van der Waals surface area contributed by atoms with Crippen LogP contribution in [0.1, 0.15) is 0 Å². The van der Waals surface area contributed by atoms with Crippen LogP contribution in [0.15, 0.2) is 24.3 Å². The van der Waals surface area contributed by atoms with Crippen molar-refractivity contribution in [1.82, 2.24) is 4.90 Å². The van der Waals surface area contributed by atoms with Crippen molar-refractivity contribution < 1.29 is 31.1 Å². The molecule has 148 valence electrons. The van der Waals surface area contributed by atoms with E-state index in [1.165, 1.54) is 29.2 Å². The number of rotatable bonds is 4. The normalized spacial score (nSPS) is 18.5. The molecule has 0 radical (unpaired) electrons. The van der Waals surface area contributed by atoms with E-state index in [-0.39, 0.29) is 42.7 Å². The Morgan fingerprint density at radius 3 is 2.27 bits per heavy atom. The van der Waals surface area contributed by atoms with Crippen LogP contribution in [0.5, 0.6) is 0 Å². The zero-order chi connectivity index (χ0) is 18.7. The van der Waals surface area contributed by atoms with E-state index in [0.29, 0.717) is 5.02 Å². The second kappa shape index (κ2) is 9.12. The molecule has 1 amide bonds. The summed E-state index contributed by atoms with van der Waals surface area (Å²) < 4.78 is 66.5. The molecule has 0 unspecified atom stereocenters. The maximum atomic E-state index is 13.1. The topological polar surface area (TPSA) is 75.7 Å². The Bertz CT molecular complexity index is 700. The fraction of sp³-hybridized carbons (Fsp3) is 0.500. The van der Waals surface area contributed by atoms with Crippen LogP contribution in [0, 0.1) is 0 Å². The van der Waals surface area contributed by atoms with E-state index >= 15 is 0 Å². The molecule has 2 rings (SSSR count). The van der Waals surface area contributed by atoms with Gasteiger partial charge in [-0.15, -0.1) is 12.4 Å². The molecule has 1 N–H and O–H groups in total. The molecule has 0 aliphatic carbocycles. The highest BCUT2D eigenvalue weighted by Gasteiger charge is 2.44. The number of anilines is 1. The molecule has 1 aromatic carbocycles. The molecule has 1 heterocycles. The maximum Gasteiger partial charge on any atom is 0.426 e. The molecule has 26 heavy (non-hydrogen) atoms. The zero-order valence-electron chi connectivity index (χ0n) is 13.3. The number of nitrogens with zero attached hydrogens (tertiary/aromatic N) is 1. The summed E-state index contributed by atoms with van der Waals surface area (Å²) in [6, 6.07) is 5.77. The highest BCUT2D eigenvalue weighted by atomic mass is 35.5. The fourth-order valence-corrected chi connectivity index (χ4v) is 3.59. The molecule has 1 aliphatic rings. The van der Waals surface area contributed by atoms with Gasteiger partial charge in [-0.1, -0.05) is 11.6 Å². The van der Waals surface area contributed by atoms with Gasteiger partial charge in [-0.2, -0.15) is 13.2 Å². The third-order valence-corrected chi connectivity index (χ3v) is 5.43. The Morgan fingerprint density at radius 2 is 1.77 bits per heavy atom. The van der Waals surface area contributed by atoms with Crippen molar-refractivity contribution >= 4 is 45.6 Å². The Kier molecular flexibility index (Phi) is 8.00. The van der Waals surface area contributed by atoms with Crippen molar-refractivity contribution in [2.45, 2.75) is 12.3 Å². The first-order valence-electron chi connectivity index (χ1n) is 7.28. The molecule has 1 aliphatic heterocycles. The monoisotopic (exact) mass is 436 g/mol. The Balaban J connectivity index is 0.00000338. The van der Waals surface area contributed by atoms with Gasteiger partial charge >= 0.3 is 12.3 Å². The smallest absolute Gasteiger partial charge is 0.426 e. The summed E-state index contributed by atoms with van der Waals surface area (Å²) in [6.45, 7) is -0.679. The van der Waals surface area contributed by atoms with Gasteiger partial charge in [0.2, 0.25) is 6.10 Å². The second-order valence-electron chi connectivity index (χ2n) is 5.52. The minimum atomic E-state index is -4.77. The summed E-state index contributed by atoms with van der Waals surface area (Å²) in [4.78, 5) is 13.0. The standard InChI is InChI=1S/C14H16ClF3N2O4S.ClH/c15-10-1-3-11(4-2-10)19-13(21)24-12(14(16,17)18)9-20-5-7-25(22,23)8-6-20;/h1-4,12H,5-9H2,(H,19,21);1H/t12-;/m0./s1. The molecule has 0 saturated carbocycles. The predicted octanol–water partition coefficient (Wildman–Crippen LogP) is 2.97. The van der Waals surface area contributed by atoms with E-state index in [2.05, 4.69) is 10.1 Å². The number of amides is 1. The van der Waals surface area contributed by atoms with Crippen LogP contribution in [0.3, 0.4) is 0 Å². The van der Waals surface area contributed by atoms with Gasteiger partial charge in [0.15, 0.2) is 9.84 Å². The number of carbonyl (C=O) groups excluding carboxylic acids is 1. The molecule has 0 spiro atoms. The number of nitrogens with one attached hydrogen (secondary N) is 1. The minimum Gasteiger partial charge on any atom is -0.435 e. The second-order valence-corrected chi connectivity index (χ2v) is 8.26. The number of ether oxygens (including phenoxy) is 1. The van der Waals surface area contributed by atoms with E-state index in [1.54, 1.807) is 0 Å². The van der Waals surface area contributed by atoms with Crippen LogP contribution < -0.4 is 5.32 Å². The summed E-state index contributed by atoms with van der Waals surface area (Å²) in [7, 11) is -3.21. The van der Waals surface area contributed by atoms with E-state index < -0.39 is 34.8 Å². The van der Waals surface area contributed by atoms with Gasteiger partial charge < -0.3 is 4.74 Å². The van der Waals surface area contributed by atoms with E-state index in [0.717, 1.165) is 0 Å². The average molecular weight is 437 g/mol. The number of carbonyl (C=O) groups is 1. The van der Waals surface area contributed by atoms with Gasteiger partial charge in [-0.25, -0.2) is 13.2 Å². The molecule has 1 fully saturated rings. The van der Waals surface area contributed by atoms with Gasteiger partial charge in [0.05, 0.1) is 11.5 Å². The van der Waals surface area contributed by atoms with Crippen LogP contribution in [-0.2, 0) is 14.6 Å².